The highest BCUT2D eigenvalue weighted by molar-refractivity contribution is 7.90. The summed E-state index contributed by atoms with van der Waals surface area (Å²) in [5, 5.41) is 0.971. The van der Waals surface area contributed by atoms with E-state index in [-0.39, 0.29) is 17.7 Å². The number of amidine groups is 1. The topological polar surface area (TPSA) is 82.9 Å². The molecule has 1 fully saturated rings. The molecule has 0 spiro atoms. The van der Waals surface area contributed by atoms with Crippen molar-refractivity contribution in [1.82, 2.24) is 14.8 Å². The number of benzene rings is 1. The first-order valence-electron chi connectivity index (χ1n) is 9.16. The summed E-state index contributed by atoms with van der Waals surface area (Å²) in [5.41, 5.74) is 1.51. The van der Waals surface area contributed by atoms with Crippen molar-refractivity contribution in [3.8, 4) is 0 Å². The maximum Gasteiger partial charge on any atom is 0.256 e. The highest BCUT2D eigenvalue weighted by atomic mass is 32.2. The van der Waals surface area contributed by atoms with Crippen LogP contribution in [0, 0.1) is 0 Å². The number of hydrogen-bond acceptors (Lipinski definition) is 6. The van der Waals surface area contributed by atoms with Gasteiger partial charge in [-0.1, -0.05) is 12.1 Å². The van der Waals surface area contributed by atoms with Crippen molar-refractivity contribution >= 4 is 43.3 Å². The Morgan fingerprint density at radius 3 is 2.89 bits per heavy atom. The summed E-state index contributed by atoms with van der Waals surface area (Å²) in [5.74, 6) is 0.276. The number of hydrogen-bond donors (Lipinski definition) is 0. The molecule has 4 heterocycles. The first-order valence-corrected chi connectivity index (χ1v) is 11.6. The molecule has 144 valence electrons. The Morgan fingerprint density at radius 1 is 1.18 bits per heavy atom. The minimum Gasteiger partial charge on any atom is -0.330 e. The summed E-state index contributed by atoms with van der Waals surface area (Å²) in [6.07, 6.45) is 6.82. The predicted octanol–water partition coefficient (Wildman–Crippen LogP) is 2.46. The van der Waals surface area contributed by atoms with E-state index in [1.54, 1.807) is 34.6 Å². The largest absolute Gasteiger partial charge is 0.330 e. The van der Waals surface area contributed by atoms with E-state index in [0.29, 0.717) is 24.5 Å². The van der Waals surface area contributed by atoms with Crippen LogP contribution in [0.25, 0.3) is 10.2 Å². The maximum atomic E-state index is 13.2. The van der Waals surface area contributed by atoms with Crippen LogP contribution in [0.5, 0.6) is 0 Å². The average Bonchev–Trinajstić information content (AvgIpc) is 3.33. The molecule has 0 bridgehead atoms. The lowest BCUT2D eigenvalue weighted by Crippen LogP contribution is -2.39. The number of likely N-dealkylation sites (tertiary alicyclic amines) is 1. The lowest BCUT2D eigenvalue weighted by molar-refractivity contribution is -0.127. The molecule has 1 atom stereocenters. The van der Waals surface area contributed by atoms with Crippen LogP contribution >= 0.6 is 11.3 Å². The summed E-state index contributed by atoms with van der Waals surface area (Å²) in [6, 6.07) is 8.00. The molecule has 1 aromatic heterocycles. The van der Waals surface area contributed by atoms with E-state index >= 15 is 0 Å². The normalized spacial score (nSPS) is 23.5. The molecule has 1 unspecified atom stereocenters. The molecular formula is C19H18N4O3S2. The maximum absolute atomic E-state index is 13.2. The molecule has 0 saturated carbocycles. The Kier molecular flexibility index (Phi) is 4.09. The van der Waals surface area contributed by atoms with E-state index in [1.807, 2.05) is 23.1 Å². The molecule has 3 aliphatic heterocycles. The second-order valence-corrected chi connectivity index (χ2v) is 9.84. The van der Waals surface area contributed by atoms with Gasteiger partial charge in [-0.05, 0) is 37.1 Å². The van der Waals surface area contributed by atoms with Crippen LogP contribution in [-0.2, 0) is 14.8 Å². The van der Waals surface area contributed by atoms with Gasteiger partial charge < -0.3 is 9.80 Å². The van der Waals surface area contributed by atoms with Gasteiger partial charge in [0, 0.05) is 19.3 Å². The number of amides is 1. The summed E-state index contributed by atoms with van der Waals surface area (Å²) in [4.78, 5) is 21.6. The molecule has 5 rings (SSSR count). The smallest absolute Gasteiger partial charge is 0.256 e. The van der Waals surface area contributed by atoms with Crippen LogP contribution in [0.1, 0.15) is 23.9 Å². The number of fused-ring (bicyclic) bond motifs is 2. The number of carbonyl (C=O) groups is 1. The fraction of sp³-hybridized carbons (Fsp3) is 0.316. The monoisotopic (exact) mass is 414 g/mol. The zero-order chi connectivity index (χ0) is 19.3. The van der Waals surface area contributed by atoms with Crippen molar-refractivity contribution in [2.45, 2.75) is 18.9 Å². The van der Waals surface area contributed by atoms with Gasteiger partial charge in [-0.25, -0.2) is 13.4 Å². The Bertz CT molecular complexity index is 1130. The lowest BCUT2D eigenvalue weighted by atomic mass is 10.1. The Labute approximate surface area is 166 Å². The third-order valence-electron chi connectivity index (χ3n) is 5.18. The summed E-state index contributed by atoms with van der Waals surface area (Å²) in [6.45, 7) is 1.00. The molecule has 1 amide bonds. The number of nitrogens with zero attached hydrogens (tertiary/aromatic N) is 4. The van der Waals surface area contributed by atoms with Crippen LogP contribution in [-0.4, -0.2) is 53.8 Å². The second-order valence-electron chi connectivity index (χ2n) is 7.02. The quantitative estimate of drug-likeness (QED) is 0.754. The lowest BCUT2D eigenvalue weighted by Gasteiger charge is -2.29. The highest BCUT2D eigenvalue weighted by Gasteiger charge is 2.34. The number of rotatable bonds is 2. The standard InChI is InChI=1S/C19H18N4O3S2/c24-19(13-7-8-17-21-28(25,26)11-10-22(17)12-13)23-9-3-5-15(23)18-20-14-4-1-2-6-16(14)27-18/h1-2,4,6-8,12,15H,3,5,9-11H2. The molecule has 0 N–H and O–H groups in total. The van der Waals surface area contributed by atoms with Crippen LogP contribution in [0.15, 0.2) is 52.6 Å². The van der Waals surface area contributed by atoms with Crippen LogP contribution in [0.3, 0.4) is 0 Å². The third-order valence-corrected chi connectivity index (χ3v) is 7.48. The summed E-state index contributed by atoms with van der Waals surface area (Å²) in [7, 11) is -3.40. The van der Waals surface area contributed by atoms with Gasteiger partial charge in [0.25, 0.3) is 15.9 Å². The number of carbonyl (C=O) groups excluding carboxylic acids is 1. The predicted molar refractivity (Wildman–Crippen MR) is 108 cm³/mol. The zero-order valence-corrected chi connectivity index (χ0v) is 16.6. The fourth-order valence-electron chi connectivity index (χ4n) is 3.79. The second kappa shape index (κ2) is 6.52. The molecule has 0 radical (unpaired) electrons. The van der Waals surface area contributed by atoms with E-state index in [1.165, 1.54) is 0 Å². The van der Waals surface area contributed by atoms with Gasteiger partial charge in [0.1, 0.15) is 10.8 Å². The average molecular weight is 415 g/mol. The molecular weight excluding hydrogens is 396 g/mol. The van der Waals surface area contributed by atoms with Crippen LogP contribution in [0.2, 0.25) is 0 Å². The van der Waals surface area contributed by atoms with Crippen LogP contribution in [0.4, 0.5) is 0 Å². The molecule has 2 aromatic rings. The van der Waals surface area contributed by atoms with Gasteiger partial charge in [0.2, 0.25) is 0 Å². The minimum atomic E-state index is -3.40. The van der Waals surface area contributed by atoms with Gasteiger partial charge in [0.15, 0.2) is 0 Å². The first kappa shape index (κ1) is 17.6. The highest BCUT2D eigenvalue weighted by Crippen LogP contribution is 2.37. The van der Waals surface area contributed by atoms with E-state index in [9.17, 15) is 13.2 Å². The summed E-state index contributed by atoms with van der Waals surface area (Å²) < 4.78 is 28.2. The van der Waals surface area contributed by atoms with Crippen molar-refractivity contribution in [2.24, 2.45) is 4.40 Å². The number of thiazole rings is 1. The third kappa shape index (κ3) is 3.04. The SMILES string of the molecule is O=C(C1=CN2CCS(=O)(=O)N=C2C=C1)N1CCCC1c1nc2ccccc2s1. The molecule has 28 heavy (non-hydrogen) atoms. The first-order chi connectivity index (χ1) is 13.5. The fourth-order valence-corrected chi connectivity index (χ4v) is 5.88. The van der Waals surface area contributed by atoms with Crippen molar-refractivity contribution in [3.63, 3.8) is 0 Å². The Hall–Kier alpha value is -2.52. The zero-order valence-electron chi connectivity index (χ0n) is 15.0. The van der Waals surface area contributed by atoms with Crippen molar-refractivity contribution in [2.75, 3.05) is 18.8 Å². The van der Waals surface area contributed by atoms with Crippen molar-refractivity contribution in [3.05, 3.63) is 53.2 Å². The molecule has 0 aliphatic carbocycles. The Balaban J connectivity index is 1.42. The van der Waals surface area contributed by atoms with Gasteiger partial charge >= 0.3 is 0 Å². The van der Waals surface area contributed by atoms with Gasteiger partial charge in [0.05, 0.1) is 27.6 Å². The van der Waals surface area contributed by atoms with E-state index < -0.39 is 10.0 Å². The van der Waals surface area contributed by atoms with E-state index in [0.717, 1.165) is 28.1 Å². The van der Waals surface area contributed by atoms with Crippen LogP contribution < -0.4 is 0 Å². The van der Waals surface area contributed by atoms with Gasteiger partial charge in [-0.15, -0.1) is 15.7 Å². The minimum absolute atomic E-state index is 0.0176. The van der Waals surface area contributed by atoms with Crippen molar-refractivity contribution < 1.29 is 13.2 Å². The summed E-state index contributed by atoms with van der Waals surface area (Å²) >= 11 is 1.64. The van der Waals surface area contributed by atoms with Gasteiger partial charge in [-0.2, -0.15) is 0 Å². The number of para-hydroxylation sites is 1. The van der Waals surface area contributed by atoms with Crippen molar-refractivity contribution in [1.29, 1.82) is 0 Å². The molecule has 1 saturated heterocycles. The Morgan fingerprint density at radius 2 is 2.04 bits per heavy atom. The van der Waals surface area contributed by atoms with E-state index in [4.69, 9.17) is 4.98 Å². The molecule has 1 aromatic carbocycles. The molecule has 3 aliphatic rings. The molecule has 7 nitrogen and oxygen atoms in total. The molecule has 9 heteroatoms. The van der Waals surface area contributed by atoms with E-state index in [2.05, 4.69) is 10.5 Å². The van der Waals surface area contributed by atoms with Gasteiger partial charge in [-0.3, -0.25) is 4.79 Å². The number of sulfonamides is 1. The number of aromatic nitrogens is 1.